The first-order valence-corrected chi connectivity index (χ1v) is 12.9. The molecule has 34 heavy (non-hydrogen) atoms. The number of methoxy groups -OCH3 is 1. The number of ether oxygens (including phenoxy) is 1. The largest absolute Gasteiger partial charge is 0.469 e. The van der Waals surface area contributed by atoms with Gasteiger partial charge in [-0.25, -0.2) is 4.79 Å². The number of hydrogen-bond acceptors (Lipinski definition) is 4. The monoisotopic (exact) mass is 477 g/mol. The molecule has 1 aliphatic heterocycles. The van der Waals surface area contributed by atoms with Crippen molar-refractivity contribution in [1.82, 2.24) is 14.8 Å². The number of esters is 1. The molecule has 1 N–H and O–H groups in total. The Bertz CT molecular complexity index is 1190. The lowest BCUT2D eigenvalue weighted by Gasteiger charge is -2.31. The van der Waals surface area contributed by atoms with Gasteiger partial charge in [0.15, 0.2) is 0 Å². The first-order valence-electron chi connectivity index (χ1n) is 12.1. The van der Waals surface area contributed by atoms with Crippen molar-refractivity contribution in [3.05, 3.63) is 75.4 Å². The van der Waals surface area contributed by atoms with Crippen molar-refractivity contribution in [2.75, 3.05) is 13.7 Å². The van der Waals surface area contributed by atoms with Crippen molar-refractivity contribution in [3.8, 4) is 5.00 Å². The summed E-state index contributed by atoms with van der Waals surface area (Å²) >= 11 is 1.88. The van der Waals surface area contributed by atoms with Crippen molar-refractivity contribution in [1.29, 1.82) is 0 Å². The van der Waals surface area contributed by atoms with Gasteiger partial charge < -0.3 is 19.5 Å². The number of hydrogen-bond donors (Lipinski definition) is 1. The van der Waals surface area contributed by atoms with Crippen LogP contribution in [-0.4, -0.2) is 35.1 Å². The molecule has 3 heterocycles. The molecule has 1 aromatic carbocycles. The maximum absolute atomic E-state index is 13.6. The highest BCUT2D eigenvalue weighted by atomic mass is 32.1. The summed E-state index contributed by atoms with van der Waals surface area (Å²) in [5.74, 6) is -0.328. The topological polar surface area (TPSA) is 63.6 Å². The molecule has 2 aliphatic rings. The molecule has 178 valence electrons. The molecule has 2 amide bonds. The minimum absolute atomic E-state index is 0.154. The Morgan fingerprint density at radius 3 is 2.68 bits per heavy atom. The van der Waals surface area contributed by atoms with E-state index in [-0.39, 0.29) is 31.0 Å². The molecule has 6 nitrogen and oxygen atoms in total. The molecule has 0 saturated heterocycles. The molecular formula is C27H31N3O3S. The Morgan fingerprint density at radius 2 is 1.91 bits per heavy atom. The average molecular weight is 478 g/mol. The van der Waals surface area contributed by atoms with Crippen molar-refractivity contribution in [3.63, 3.8) is 0 Å². The predicted molar refractivity (Wildman–Crippen MR) is 134 cm³/mol. The minimum Gasteiger partial charge on any atom is -0.469 e. The van der Waals surface area contributed by atoms with Gasteiger partial charge in [-0.15, -0.1) is 11.3 Å². The molecule has 0 saturated carbocycles. The third-order valence-electron chi connectivity index (χ3n) is 6.98. The summed E-state index contributed by atoms with van der Waals surface area (Å²) in [4.78, 5) is 28.6. The Morgan fingerprint density at radius 1 is 1.12 bits per heavy atom. The van der Waals surface area contributed by atoms with Crippen LogP contribution < -0.4 is 5.32 Å². The fraction of sp³-hybridized carbons (Fsp3) is 0.407. The number of carbonyl (C=O) groups is 2. The number of aryl methyl sites for hydroxylation is 2. The fourth-order valence-electron chi connectivity index (χ4n) is 5.15. The molecule has 0 radical (unpaired) electrons. The lowest BCUT2D eigenvalue weighted by atomic mass is 9.95. The number of nitrogens with one attached hydrogen (secondary N) is 1. The van der Waals surface area contributed by atoms with Gasteiger partial charge in [-0.1, -0.05) is 31.2 Å². The number of amides is 2. The van der Waals surface area contributed by atoms with Crippen LogP contribution >= 0.6 is 11.3 Å². The number of fused-ring (bicyclic) bond motifs is 5. The van der Waals surface area contributed by atoms with Gasteiger partial charge in [-0.3, -0.25) is 4.79 Å². The summed E-state index contributed by atoms with van der Waals surface area (Å²) in [5, 5.41) is 4.22. The highest BCUT2D eigenvalue weighted by molar-refractivity contribution is 7.15. The van der Waals surface area contributed by atoms with Gasteiger partial charge in [0.1, 0.15) is 5.00 Å². The molecule has 3 aromatic rings. The highest BCUT2D eigenvalue weighted by Crippen LogP contribution is 2.44. The van der Waals surface area contributed by atoms with Crippen molar-refractivity contribution in [2.24, 2.45) is 0 Å². The molecule has 7 heteroatoms. The number of aromatic nitrogens is 1. The van der Waals surface area contributed by atoms with E-state index in [1.807, 2.05) is 16.2 Å². The van der Waals surface area contributed by atoms with Gasteiger partial charge in [-0.2, -0.15) is 0 Å². The molecule has 0 bridgehead atoms. The second kappa shape index (κ2) is 9.66. The Labute approximate surface area is 204 Å². The van der Waals surface area contributed by atoms with Gasteiger partial charge in [-0.05, 0) is 60.9 Å². The number of carbonyl (C=O) groups excluding carboxylic acids is 2. The second-order valence-corrected chi connectivity index (χ2v) is 10.1. The van der Waals surface area contributed by atoms with Gasteiger partial charge in [0.25, 0.3) is 0 Å². The Kier molecular flexibility index (Phi) is 6.46. The lowest BCUT2D eigenvalue weighted by molar-refractivity contribution is -0.140. The third-order valence-corrected chi connectivity index (χ3v) is 8.31. The summed E-state index contributed by atoms with van der Waals surface area (Å²) in [6.07, 6.45) is 7.88. The molecule has 1 aliphatic carbocycles. The maximum atomic E-state index is 13.6. The minimum atomic E-state index is -0.328. The Hall–Kier alpha value is -3.06. The first-order chi connectivity index (χ1) is 16.6. The summed E-state index contributed by atoms with van der Waals surface area (Å²) in [6, 6.07) is 12.4. The van der Waals surface area contributed by atoms with E-state index in [1.165, 1.54) is 46.5 Å². The number of thiophene rings is 1. The normalized spacial score (nSPS) is 16.8. The molecule has 1 unspecified atom stereocenters. The molecule has 5 rings (SSSR count). The van der Waals surface area contributed by atoms with E-state index in [0.29, 0.717) is 6.54 Å². The third kappa shape index (κ3) is 4.13. The van der Waals surface area contributed by atoms with E-state index in [9.17, 15) is 9.59 Å². The van der Waals surface area contributed by atoms with Crippen LogP contribution in [0.1, 0.15) is 65.1 Å². The number of urea groups is 1. The van der Waals surface area contributed by atoms with Gasteiger partial charge in [0.05, 0.1) is 31.8 Å². The first kappa shape index (κ1) is 22.7. The zero-order chi connectivity index (χ0) is 23.7. The number of nitrogens with zero attached hydrogens (tertiary/aromatic N) is 2. The second-order valence-electron chi connectivity index (χ2n) is 8.98. The number of benzene rings is 1. The molecule has 2 aromatic heterocycles. The van der Waals surface area contributed by atoms with Crippen LogP contribution in [0.4, 0.5) is 4.79 Å². The summed E-state index contributed by atoms with van der Waals surface area (Å²) in [7, 11) is 1.37. The van der Waals surface area contributed by atoms with Gasteiger partial charge in [0, 0.05) is 23.2 Å². The van der Waals surface area contributed by atoms with Crippen LogP contribution in [0.2, 0.25) is 0 Å². The van der Waals surface area contributed by atoms with Crippen molar-refractivity contribution in [2.45, 2.75) is 58.0 Å². The molecular weight excluding hydrogens is 446 g/mol. The lowest BCUT2D eigenvalue weighted by Crippen LogP contribution is -2.42. The zero-order valence-corrected chi connectivity index (χ0v) is 20.6. The van der Waals surface area contributed by atoms with Crippen LogP contribution in [0.15, 0.2) is 42.6 Å². The summed E-state index contributed by atoms with van der Waals surface area (Å²) < 4.78 is 7.03. The van der Waals surface area contributed by atoms with Gasteiger partial charge >= 0.3 is 12.0 Å². The Balaban J connectivity index is 1.57. The SMILES string of the molecule is CCc1ccc(C2c3cccn3-c3sc4c(c3CN2C(=O)NCCC(=O)OC)CCCC4)cc1. The summed E-state index contributed by atoms with van der Waals surface area (Å²) in [5.41, 5.74) is 6.15. The van der Waals surface area contributed by atoms with Crippen LogP contribution in [-0.2, 0) is 35.3 Å². The standard InChI is InChI=1S/C27H31N3O3S/c1-3-18-10-12-19(13-11-18)25-22-8-6-16-29(22)26-21(20-7-4-5-9-23(20)34-26)17-30(25)27(32)28-15-14-24(31)33-2/h6,8,10-13,16,25H,3-5,7,9,14-15,17H2,1-2H3,(H,28,32). The quantitative estimate of drug-likeness (QED) is 0.517. The molecule has 0 spiro atoms. The average Bonchev–Trinajstić information content (AvgIpc) is 3.46. The summed E-state index contributed by atoms with van der Waals surface area (Å²) in [6.45, 7) is 2.94. The molecule has 0 fully saturated rings. The van der Waals surface area contributed by atoms with E-state index >= 15 is 0 Å². The van der Waals surface area contributed by atoms with Crippen LogP contribution in [0.3, 0.4) is 0 Å². The van der Waals surface area contributed by atoms with Crippen molar-refractivity contribution >= 4 is 23.3 Å². The maximum Gasteiger partial charge on any atom is 0.318 e. The van der Waals surface area contributed by atoms with E-state index in [0.717, 1.165) is 30.5 Å². The van der Waals surface area contributed by atoms with E-state index < -0.39 is 0 Å². The van der Waals surface area contributed by atoms with E-state index in [2.05, 4.69) is 59.4 Å². The van der Waals surface area contributed by atoms with Crippen LogP contribution in [0.25, 0.3) is 5.00 Å². The van der Waals surface area contributed by atoms with E-state index in [4.69, 9.17) is 4.74 Å². The van der Waals surface area contributed by atoms with Gasteiger partial charge in [0.2, 0.25) is 0 Å². The smallest absolute Gasteiger partial charge is 0.318 e. The van der Waals surface area contributed by atoms with Crippen LogP contribution in [0, 0.1) is 0 Å². The van der Waals surface area contributed by atoms with E-state index in [1.54, 1.807) is 0 Å². The van der Waals surface area contributed by atoms with Crippen molar-refractivity contribution < 1.29 is 14.3 Å². The highest BCUT2D eigenvalue weighted by Gasteiger charge is 2.36. The predicted octanol–water partition coefficient (Wildman–Crippen LogP) is 5.16. The fourth-order valence-corrected chi connectivity index (χ4v) is 6.55. The zero-order valence-electron chi connectivity index (χ0n) is 19.8. The number of rotatable bonds is 5. The molecule has 1 atom stereocenters. The van der Waals surface area contributed by atoms with Crippen LogP contribution in [0.5, 0.6) is 0 Å².